The molecular weight excluding hydrogens is 220 g/mol. The zero-order valence-electron chi connectivity index (χ0n) is 10.8. The van der Waals surface area contributed by atoms with Gasteiger partial charge in [0.2, 0.25) is 0 Å². The monoisotopic (exact) mass is 236 g/mol. The Hall–Kier alpha value is -2.01. The Morgan fingerprint density at radius 2 is 2.00 bits per heavy atom. The molecular formula is C16H16N2. The fraction of sp³-hybridized carbons (Fsp3) is 0.312. The molecule has 0 unspecified atom stereocenters. The van der Waals surface area contributed by atoms with Crippen LogP contribution in [0.2, 0.25) is 0 Å². The zero-order valence-corrected chi connectivity index (χ0v) is 10.8. The average Bonchev–Trinajstić information content (AvgIpc) is 2.82. The lowest BCUT2D eigenvalue weighted by Crippen LogP contribution is -2.08. The smallest absolute Gasteiger partial charge is 0.100 e. The Bertz CT molecular complexity index is 663. The van der Waals surface area contributed by atoms with Crippen LogP contribution in [0.25, 0.3) is 10.8 Å². The van der Waals surface area contributed by atoms with Crippen LogP contribution in [-0.4, -0.2) is 14.1 Å². The van der Waals surface area contributed by atoms with Crippen molar-refractivity contribution < 1.29 is 0 Å². The fourth-order valence-electron chi connectivity index (χ4n) is 2.87. The van der Waals surface area contributed by atoms with Gasteiger partial charge in [0, 0.05) is 19.8 Å². The minimum absolute atomic E-state index is 0.894. The van der Waals surface area contributed by atoms with Gasteiger partial charge in [0.1, 0.15) is 6.07 Å². The highest BCUT2D eigenvalue weighted by atomic mass is 15.1. The number of fused-ring (bicyclic) bond motifs is 2. The summed E-state index contributed by atoms with van der Waals surface area (Å²) in [6, 6.07) is 11.0. The molecule has 18 heavy (non-hydrogen) atoms. The Morgan fingerprint density at radius 1 is 1.17 bits per heavy atom. The standard InChI is InChI=1S/C16H16N2/c1-18(2)13-6-7-15-12(9-13)8-11-4-3-5-14(11)16(15)10-17/h6-9H,3-5H2,1-2H3. The first-order chi connectivity index (χ1) is 8.70. The quantitative estimate of drug-likeness (QED) is 0.760. The van der Waals surface area contributed by atoms with Gasteiger partial charge >= 0.3 is 0 Å². The molecule has 0 fully saturated rings. The van der Waals surface area contributed by atoms with Gasteiger partial charge in [-0.15, -0.1) is 0 Å². The topological polar surface area (TPSA) is 27.0 Å². The lowest BCUT2D eigenvalue weighted by atomic mass is 9.96. The molecule has 2 aromatic carbocycles. The molecule has 2 aromatic rings. The third-order valence-corrected chi connectivity index (χ3v) is 3.82. The molecule has 0 N–H and O–H groups in total. The van der Waals surface area contributed by atoms with Gasteiger partial charge in [-0.3, -0.25) is 0 Å². The molecule has 2 heteroatoms. The number of aryl methyl sites for hydroxylation is 1. The van der Waals surface area contributed by atoms with Gasteiger partial charge in [-0.2, -0.15) is 5.26 Å². The van der Waals surface area contributed by atoms with E-state index in [0.717, 1.165) is 23.8 Å². The van der Waals surface area contributed by atoms with Crippen LogP contribution in [0.4, 0.5) is 5.69 Å². The van der Waals surface area contributed by atoms with Crippen molar-refractivity contribution in [2.45, 2.75) is 19.3 Å². The first kappa shape index (κ1) is 11.1. The van der Waals surface area contributed by atoms with E-state index in [-0.39, 0.29) is 0 Å². The Kier molecular flexibility index (Phi) is 2.48. The van der Waals surface area contributed by atoms with Crippen LogP contribution in [0.1, 0.15) is 23.1 Å². The summed E-state index contributed by atoms with van der Waals surface area (Å²) in [7, 11) is 4.08. The van der Waals surface area contributed by atoms with Crippen molar-refractivity contribution in [3.63, 3.8) is 0 Å². The number of hydrogen-bond donors (Lipinski definition) is 0. The Morgan fingerprint density at radius 3 is 2.72 bits per heavy atom. The first-order valence-electron chi connectivity index (χ1n) is 6.36. The van der Waals surface area contributed by atoms with Crippen LogP contribution in [0.5, 0.6) is 0 Å². The first-order valence-corrected chi connectivity index (χ1v) is 6.36. The molecule has 0 saturated heterocycles. The van der Waals surface area contributed by atoms with Crippen LogP contribution in [0, 0.1) is 11.3 Å². The normalized spacial score (nSPS) is 13.4. The average molecular weight is 236 g/mol. The van der Waals surface area contributed by atoms with Crippen LogP contribution >= 0.6 is 0 Å². The summed E-state index contributed by atoms with van der Waals surface area (Å²) in [5.74, 6) is 0. The van der Waals surface area contributed by atoms with E-state index in [0.29, 0.717) is 0 Å². The molecule has 3 rings (SSSR count). The molecule has 2 nitrogen and oxygen atoms in total. The molecule has 1 aliphatic carbocycles. The van der Waals surface area contributed by atoms with Crippen molar-refractivity contribution in [1.29, 1.82) is 5.26 Å². The largest absolute Gasteiger partial charge is 0.378 e. The summed E-state index contributed by atoms with van der Waals surface area (Å²) in [5.41, 5.74) is 4.73. The van der Waals surface area contributed by atoms with Crippen molar-refractivity contribution in [2.24, 2.45) is 0 Å². The van der Waals surface area contributed by atoms with Crippen LogP contribution < -0.4 is 4.90 Å². The Balaban J connectivity index is 2.33. The van der Waals surface area contributed by atoms with Crippen molar-refractivity contribution in [3.05, 3.63) is 41.0 Å². The summed E-state index contributed by atoms with van der Waals surface area (Å²) in [6.45, 7) is 0. The summed E-state index contributed by atoms with van der Waals surface area (Å²) in [4.78, 5) is 2.10. The SMILES string of the molecule is CN(C)c1ccc2c(C#N)c3c(cc2c1)CCC3. The summed E-state index contributed by atoms with van der Waals surface area (Å²) in [5, 5.41) is 11.7. The van der Waals surface area contributed by atoms with Gasteiger partial charge in [0.15, 0.2) is 0 Å². The molecule has 0 spiro atoms. The predicted molar refractivity (Wildman–Crippen MR) is 75.0 cm³/mol. The highest BCUT2D eigenvalue weighted by molar-refractivity contribution is 5.92. The number of anilines is 1. The summed E-state index contributed by atoms with van der Waals surface area (Å²) >= 11 is 0. The van der Waals surface area contributed by atoms with E-state index in [2.05, 4.69) is 35.2 Å². The molecule has 0 radical (unpaired) electrons. The number of rotatable bonds is 1. The zero-order chi connectivity index (χ0) is 12.7. The molecule has 0 aliphatic heterocycles. The number of nitrogens with zero attached hydrogens (tertiary/aromatic N) is 2. The minimum atomic E-state index is 0.894. The molecule has 0 saturated carbocycles. The van der Waals surface area contributed by atoms with E-state index in [1.54, 1.807) is 0 Å². The van der Waals surface area contributed by atoms with Gasteiger partial charge in [-0.25, -0.2) is 0 Å². The lowest BCUT2D eigenvalue weighted by Gasteiger charge is -2.14. The van der Waals surface area contributed by atoms with E-state index in [1.165, 1.54) is 28.6 Å². The maximum atomic E-state index is 9.42. The van der Waals surface area contributed by atoms with Gasteiger partial charge in [0.05, 0.1) is 5.56 Å². The van der Waals surface area contributed by atoms with E-state index in [9.17, 15) is 5.26 Å². The second-order valence-electron chi connectivity index (χ2n) is 5.15. The summed E-state index contributed by atoms with van der Waals surface area (Å²) < 4.78 is 0. The maximum Gasteiger partial charge on any atom is 0.100 e. The van der Waals surface area contributed by atoms with E-state index in [4.69, 9.17) is 0 Å². The molecule has 0 aromatic heterocycles. The van der Waals surface area contributed by atoms with Crippen molar-refractivity contribution in [1.82, 2.24) is 0 Å². The molecule has 0 amide bonds. The summed E-state index contributed by atoms with van der Waals surface area (Å²) in [6.07, 6.45) is 3.36. The second-order valence-corrected chi connectivity index (χ2v) is 5.15. The van der Waals surface area contributed by atoms with Crippen LogP contribution in [0.3, 0.4) is 0 Å². The van der Waals surface area contributed by atoms with E-state index in [1.807, 2.05) is 14.1 Å². The van der Waals surface area contributed by atoms with Gasteiger partial charge in [-0.1, -0.05) is 12.1 Å². The van der Waals surface area contributed by atoms with E-state index < -0.39 is 0 Å². The predicted octanol–water partition coefficient (Wildman–Crippen LogP) is 3.27. The maximum absolute atomic E-state index is 9.42. The molecule has 90 valence electrons. The number of hydrogen-bond acceptors (Lipinski definition) is 2. The van der Waals surface area contributed by atoms with Crippen molar-refractivity contribution >= 4 is 16.5 Å². The van der Waals surface area contributed by atoms with Crippen LogP contribution in [0.15, 0.2) is 24.3 Å². The third-order valence-electron chi connectivity index (χ3n) is 3.82. The highest BCUT2D eigenvalue weighted by Gasteiger charge is 2.17. The minimum Gasteiger partial charge on any atom is -0.378 e. The molecule has 1 aliphatic rings. The van der Waals surface area contributed by atoms with Gasteiger partial charge < -0.3 is 4.90 Å². The van der Waals surface area contributed by atoms with Gasteiger partial charge in [-0.05, 0) is 53.3 Å². The fourth-order valence-corrected chi connectivity index (χ4v) is 2.87. The van der Waals surface area contributed by atoms with E-state index >= 15 is 0 Å². The third kappa shape index (κ3) is 1.55. The molecule has 0 bridgehead atoms. The van der Waals surface area contributed by atoms with Crippen LogP contribution in [-0.2, 0) is 12.8 Å². The van der Waals surface area contributed by atoms with Crippen molar-refractivity contribution in [2.75, 3.05) is 19.0 Å². The van der Waals surface area contributed by atoms with Gasteiger partial charge in [0.25, 0.3) is 0 Å². The molecule has 0 heterocycles. The van der Waals surface area contributed by atoms with Crippen molar-refractivity contribution in [3.8, 4) is 6.07 Å². The number of benzene rings is 2. The Labute approximate surface area is 107 Å². The number of nitriles is 1. The highest BCUT2D eigenvalue weighted by Crippen LogP contribution is 2.33. The lowest BCUT2D eigenvalue weighted by molar-refractivity contribution is 0.911. The second kappa shape index (κ2) is 4.03. The molecule has 0 atom stereocenters.